The lowest BCUT2D eigenvalue weighted by Crippen LogP contribution is -2.52. The van der Waals surface area contributed by atoms with E-state index in [9.17, 15) is 24.0 Å². The number of carbonyl (C=O) groups excluding carboxylic acids is 5. The number of nitrogens with one attached hydrogen (secondary N) is 2. The number of esters is 1. The molecule has 2 aromatic rings. The Balaban J connectivity index is 1.45. The number of unbranched alkanes of at least 4 members (excludes halogenated alkanes) is 1. The van der Waals surface area contributed by atoms with Crippen LogP contribution in [0.25, 0.3) is 0 Å². The minimum Gasteiger partial charge on any atom is -0.466 e. The van der Waals surface area contributed by atoms with Crippen molar-refractivity contribution in [1.29, 1.82) is 0 Å². The number of hydrogen-bond acceptors (Lipinski definition) is 8. The second kappa shape index (κ2) is 20.2. The second-order valence-corrected chi connectivity index (χ2v) is 15.1. The smallest absolute Gasteiger partial charge is 0.308 e. The Morgan fingerprint density at radius 2 is 1.40 bits per heavy atom. The number of carbonyl (C=O) groups is 5. The van der Waals surface area contributed by atoms with Crippen LogP contribution in [-0.2, 0) is 41.6 Å². The molecule has 1 aliphatic heterocycles. The third-order valence-electron chi connectivity index (χ3n) is 10.4. The standard InChI is InChI=1S/C41H59N5O6/c1-4-52-41(51)31-22-32-25-46(26-33(32)23-31)40(50)35(17-11-12-18-42)44-38(48)30(19-27(2)3)24-37(47)36(21-29-15-9-6-10-16-29)45-39(49)34(43)20-28-13-7-5-8-14-28/h5-10,13-16,27,30-36H,4,11-12,17-26,42-43H2,1-3H3,(H,44,48)(H,45,49). The topological polar surface area (TPSA) is 174 Å². The number of fused-ring (bicyclic) bond motifs is 1. The summed E-state index contributed by atoms with van der Waals surface area (Å²) in [5, 5.41) is 5.95. The lowest BCUT2D eigenvalue weighted by molar-refractivity contribution is -0.148. The van der Waals surface area contributed by atoms with Crippen LogP contribution < -0.4 is 22.1 Å². The summed E-state index contributed by atoms with van der Waals surface area (Å²) in [6, 6.07) is 16.4. The van der Waals surface area contributed by atoms with E-state index in [0.29, 0.717) is 71.2 Å². The summed E-state index contributed by atoms with van der Waals surface area (Å²) in [4.78, 5) is 69.6. The van der Waals surface area contributed by atoms with Gasteiger partial charge in [0, 0.05) is 25.4 Å². The molecule has 6 unspecified atom stereocenters. The molecule has 2 fully saturated rings. The summed E-state index contributed by atoms with van der Waals surface area (Å²) in [6.07, 6.45) is 4.14. The number of hydrogen-bond donors (Lipinski definition) is 4. The minimum absolute atomic E-state index is 0.0947. The lowest BCUT2D eigenvalue weighted by atomic mass is 9.88. The summed E-state index contributed by atoms with van der Waals surface area (Å²) >= 11 is 0. The molecular weight excluding hydrogens is 658 g/mol. The van der Waals surface area contributed by atoms with Crippen molar-refractivity contribution in [1.82, 2.24) is 15.5 Å². The zero-order chi connectivity index (χ0) is 37.6. The van der Waals surface area contributed by atoms with E-state index in [2.05, 4.69) is 10.6 Å². The van der Waals surface area contributed by atoms with E-state index in [1.54, 1.807) is 6.92 Å². The molecule has 11 heteroatoms. The summed E-state index contributed by atoms with van der Waals surface area (Å²) in [7, 11) is 0. The summed E-state index contributed by atoms with van der Waals surface area (Å²) in [6.45, 7) is 7.72. The zero-order valence-corrected chi connectivity index (χ0v) is 31.1. The van der Waals surface area contributed by atoms with Gasteiger partial charge in [0.1, 0.15) is 6.04 Å². The predicted molar refractivity (Wildman–Crippen MR) is 201 cm³/mol. The Labute approximate surface area is 309 Å². The van der Waals surface area contributed by atoms with Gasteiger partial charge < -0.3 is 31.7 Å². The molecule has 284 valence electrons. The largest absolute Gasteiger partial charge is 0.466 e. The molecule has 52 heavy (non-hydrogen) atoms. The van der Waals surface area contributed by atoms with E-state index in [1.165, 1.54) is 0 Å². The van der Waals surface area contributed by atoms with Gasteiger partial charge >= 0.3 is 5.97 Å². The average molecular weight is 718 g/mol. The Morgan fingerprint density at radius 1 is 0.827 bits per heavy atom. The molecule has 2 aliphatic rings. The first kappa shape index (κ1) is 40.7. The molecule has 6 N–H and O–H groups in total. The average Bonchev–Trinajstić information content (AvgIpc) is 3.71. The number of amides is 3. The monoisotopic (exact) mass is 717 g/mol. The molecule has 1 saturated carbocycles. The van der Waals surface area contributed by atoms with Gasteiger partial charge in [-0.15, -0.1) is 0 Å². The van der Waals surface area contributed by atoms with Gasteiger partial charge in [0.15, 0.2) is 5.78 Å². The van der Waals surface area contributed by atoms with Crippen LogP contribution in [0.2, 0.25) is 0 Å². The summed E-state index contributed by atoms with van der Waals surface area (Å²) in [5.74, 6) is -1.62. The van der Waals surface area contributed by atoms with Crippen molar-refractivity contribution in [3.05, 3.63) is 71.8 Å². The Bertz CT molecular complexity index is 1460. The quantitative estimate of drug-likeness (QED) is 0.119. The predicted octanol–water partition coefficient (Wildman–Crippen LogP) is 3.57. The number of ether oxygens (including phenoxy) is 1. The minimum atomic E-state index is -0.886. The number of nitrogens with zero attached hydrogens (tertiary/aromatic N) is 1. The molecule has 0 aromatic heterocycles. The van der Waals surface area contributed by atoms with Crippen molar-refractivity contribution in [3.63, 3.8) is 0 Å². The fraction of sp³-hybridized carbons (Fsp3) is 0.585. The van der Waals surface area contributed by atoms with Crippen LogP contribution in [-0.4, -0.2) is 78.7 Å². The van der Waals surface area contributed by atoms with Crippen molar-refractivity contribution >= 4 is 29.5 Å². The first-order chi connectivity index (χ1) is 25.0. The molecule has 1 saturated heterocycles. The van der Waals surface area contributed by atoms with Crippen LogP contribution in [0.4, 0.5) is 0 Å². The first-order valence-electron chi connectivity index (χ1n) is 19.1. The molecule has 1 aliphatic carbocycles. The molecule has 2 aromatic carbocycles. The number of ketones is 1. The second-order valence-electron chi connectivity index (χ2n) is 15.1. The summed E-state index contributed by atoms with van der Waals surface area (Å²) < 4.78 is 5.25. The molecule has 0 radical (unpaired) electrons. The zero-order valence-electron chi connectivity index (χ0n) is 31.1. The van der Waals surface area contributed by atoms with Gasteiger partial charge in [-0.05, 0) is 93.7 Å². The van der Waals surface area contributed by atoms with Crippen molar-refractivity contribution in [2.75, 3.05) is 26.2 Å². The van der Waals surface area contributed by atoms with E-state index in [0.717, 1.165) is 11.1 Å². The van der Waals surface area contributed by atoms with Gasteiger partial charge in [-0.3, -0.25) is 24.0 Å². The maximum Gasteiger partial charge on any atom is 0.308 e. The summed E-state index contributed by atoms with van der Waals surface area (Å²) in [5.41, 5.74) is 13.9. The number of likely N-dealkylation sites (tertiary alicyclic amines) is 1. The van der Waals surface area contributed by atoms with Crippen LogP contribution in [0.5, 0.6) is 0 Å². The third-order valence-corrected chi connectivity index (χ3v) is 10.4. The van der Waals surface area contributed by atoms with E-state index < -0.39 is 30.0 Å². The maximum absolute atomic E-state index is 14.1. The SMILES string of the molecule is CCOC(=O)C1CC2CN(C(=O)C(CCCCN)NC(=O)C(CC(=O)C(Cc3ccccc3)NC(=O)C(N)Cc3ccccc3)CC(C)C)CC2C1. The van der Waals surface area contributed by atoms with Gasteiger partial charge in [0.05, 0.1) is 24.6 Å². The third kappa shape index (κ3) is 12.0. The molecule has 1 heterocycles. The lowest BCUT2D eigenvalue weighted by Gasteiger charge is -2.28. The van der Waals surface area contributed by atoms with Crippen LogP contribution in [0.15, 0.2) is 60.7 Å². The van der Waals surface area contributed by atoms with Gasteiger partial charge in [0.2, 0.25) is 17.7 Å². The Hall–Kier alpha value is -4.09. The van der Waals surface area contributed by atoms with Crippen LogP contribution in [0.3, 0.4) is 0 Å². The molecule has 6 atom stereocenters. The van der Waals surface area contributed by atoms with E-state index in [4.69, 9.17) is 16.2 Å². The van der Waals surface area contributed by atoms with Crippen LogP contribution in [0.1, 0.15) is 76.8 Å². The van der Waals surface area contributed by atoms with Crippen LogP contribution >= 0.6 is 0 Å². The van der Waals surface area contributed by atoms with Gasteiger partial charge in [0.25, 0.3) is 0 Å². The normalized spacial score (nSPS) is 20.4. The van der Waals surface area contributed by atoms with E-state index in [-0.39, 0.29) is 60.1 Å². The molecule has 3 amide bonds. The highest BCUT2D eigenvalue weighted by Gasteiger charge is 2.46. The van der Waals surface area contributed by atoms with Gasteiger partial charge in [-0.1, -0.05) is 74.5 Å². The van der Waals surface area contributed by atoms with E-state index >= 15 is 0 Å². The molecule has 4 rings (SSSR count). The number of Topliss-reactive ketones (excluding diaryl/α,β-unsaturated/α-hetero) is 1. The highest BCUT2D eigenvalue weighted by molar-refractivity contribution is 5.95. The van der Waals surface area contributed by atoms with Crippen LogP contribution in [0, 0.1) is 29.6 Å². The maximum atomic E-state index is 14.1. The Kier molecular flexibility index (Phi) is 15.8. The molecule has 0 bridgehead atoms. The van der Waals surface area contributed by atoms with E-state index in [1.807, 2.05) is 79.4 Å². The Morgan fingerprint density at radius 3 is 1.96 bits per heavy atom. The van der Waals surface area contributed by atoms with Gasteiger partial charge in [-0.2, -0.15) is 0 Å². The van der Waals surface area contributed by atoms with Crippen molar-refractivity contribution < 1.29 is 28.7 Å². The fourth-order valence-electron chi connectivity index (χ4n) is 7.76. The highest BCUT2D eigenvalue weighted by atomic mass is 16.5. The van der Waals surface area contributed by atoms with Crippen molar-refractivity contribution in [2.24, 2.45) is 41.1 Å². The molecule has 11 nitrogen and oxygen atoms in total. The molecular formula is C41H59N5O6. The first-order valence-corrected chi connectivity index (χ1v) is 19.1. The van der Waals surface area contributed by atoms with Gasteiger partial charge in [-0.25, -0.2) is 0 Å². The van der Waals surface area contributed by atoms with Crippen molar-refractivity contribution in [3.8, 4) is 0 Å². The highest BCUT2D eigenvalue weighted by Crippen LogP contribution is 2.42. The molecule has 0 spiro atoms. The fourth-order valence-corrected chi connectivity index (χ4v) is 7.76. The number of nitrogens with two attached hydrogens (primary N) is 2. The number of rotatable bonds is 20. The number of benzene rings is 2. The van der Waals surface area contributed by atoms with Crippen molar-refractivity contribution in [2.45, 2.75) is 96.7 Å².